The van der Waals surface area contributed by atoms with Crippen molar-refractivity contribution in [1.82, 2.24) is 46.2 Å². The molecular formula is C61H93N19O15S. The average Bonchev–Trinajstić information content (AvgIpc) is 1.44. The molecule has 34 nitrogen and oxygen atoms in total. The molecule has 1 saturated carbocycles. The van der Waals surface area contributed by atoms with Gasteiger partial charge in [0.05, 0.1) is 25.3 Å². The third-order valence-electron chi connectivity index (χ3n) is 17.4. The van der Waals surface area contributed by atoms with Crippen molar-refractivity contribution in [2.45, 2.75) is 183 Å². The molecule has 528 valence electrons. The standard InChI is InChI=1S/C59H89N19O13S.C2H4O2/c60-37(14-5-19-67-57(61)62)48(82)72-38(15-6-20-68-58(63)64)52(86)75-22-8-18-43(75)54(88)77-30-35(80)26-44(77)50(84)70-28-47(81)71-40(27-36-13-9-23-92-36)49(83)74-41(31-79)53(87)76-29-34-12-2-1-10-32(34)24-46(76)55(89)78-42-17-4-3-11-33(42)25-45(78)51(85)73-39(56(90)91)16-7-21-69-59(65)66;1-2(3)4/h1-2,9-10,12-13,23,33,35,37-46,79-80H,3-8,11,14-22,24-31,60H2,(H,70,84)(H,71,81)(H,72,82)(H,73,85)(H,74,83)(H,90,91)(H4,61,62,67)(H4,63,64,68)(H4,65,66,69);1H3,(H,3,4)/t33-,35+,37+,38?,39-,40-,41-,42-,43?,44?,45?,46?;/m0./s1. The second-order valence-electron chi connectivity index (χ2n) is 24.4. The highest BCUT2D eigenvalue weighted by Gasteiger charge is 2.52. The van der Waals surface area contributed by atoms with Crippen LogP contribution in [0, 0.1) is 5.92 Å². The molecule has 1 aromatic heterocycles. The van der Waals surface area contributed by atoms with Gasteiger partial charge in [-0.1, -0.05) is 43.2 Å². The fourth-order valence-corrected chi connectivity index (χ4v) is 13.6. The molecular weight excluding hydrogens is 1270 g/mol. The Morgan fingerprint density at radius 2 is 1.23 bits per heavy atom. The molecule has 0 bridgehead atoms. The second kappa shape index (κ2) is 36.6. The molecule has 9 amide bonds. The zero-order valence-corrected chi connectivity index (χ0v) is 54.6. The number of nitrogens with two attached hydrogens (primary N) is 7. The van der Waals surface area contributed by atoms with E-state index in [1.807, 2.05) is 6.07 Å². The van der Waals surface area contributed by atoms with E-state index < -0.39 is 145 Å². The van der Waals surface area contributed by atoms with E-state index >= 15 is 4.79 Å². The quantitative estimate of drug-likeness (QED) is 0.0198. The van der Waals surface area contributed by atoms with Crippen LogP contribution in [0.25, 0.3) is 0 Å². The van der Waals surface area contributed by atoms with Crippen LogP contribution in [0.3, 0.4) is 0 Å². The summed E-state index contributed by atoms with van der Waals surface area (Å²) >= 11 is 1.27. The number of β-amino-alcohol motifs (C(OH)–C–C–N with tert-alkyl or cyclic N) is 1. The normalized spacial score (nSPS) is 21.7. The van der Waals surface area contributed by atoms with Gasteiger partial charge in [0.2, 0.25) is 53.2 Å². The molecule has 7 rings (SSSR count). The summed E-state index contributed by atoms with van der Waals surface area (Å²) in [6, 6.07) is -1.07. The average molecular weight is 1360 g/mol. The van der Waals surface area contributed by atoms with Gasteiger partial charge >= 0.3 is 5.97 Å². The van der Waals surface area contributed by atoms with E-state index in [-0.39, 0.29) is 127 Å². The Morgan fingerprint density at radius 1 is 0.625 bits per heavy atom. The Morgan fingerprint density at radius 3 is 1.84 bits per heavy atom. The SMILES string of the molecule is CC(=O)O.NC(N)=NCCCC(NC(=O)[C@H](N)CCCN=C(N)N)C(=O)N1CCCC1C(=O)N1C[C@H](O)CC1C(=O)NCC(=O)N[C@@H](Cc1cccs1)C(=O)N[C@@H](CO)C(=O)N1Cc2ccccc2CC1C(=O)N1C(C(=O)N[C@@H](CCCN=C(N)N)C(=O)O)C[C@@H]2CCCC[C@@H]21. The predicted molar refractivity (Wildman–Crippen MR) is 351 cm³/mol. The number of nitrogens with one attached hydrogen (secondary N) is 5. The minimum Gasteiger partial charge on any atom is -0.481 e. The molecule has 0 radical (unpaired) electrons. The van der Waals surface area contributed by atoms with Gasteiger partial charge < -0.3 is 107 Å². The molecule has 2 aromatic rings. The summed E-state index contributed by atoms with van der Waals surface area (Å²) < 4.78 is 0. The van der Waals surface area contributed by atoms with Crippen molar-refractivity contribution >= 4 is 94.3 Å². The maximum absolute atomic E-state index is 15.3. The lowest BCUT2D eigenvalue weighted by Gasteiger charge is -2.42. The number of carbonyl (C=O) groups is 11. The van der Waals surface area contributed by atoms with Gasteiger partial charge in [0.15, 0.2) is 17.9 Å². The fraction of sp³-hybridized carbons (Fsp3) is 0.607. The van der Waals surface area contributed by atoms with Crippen LogP contribution in [-0.4, -0.2) is 235 Å². The van der Waals surface area contributed by atoms with Crippen molar-refractivity contribution < 1.29 is 73.2 Å². The zero-order valence-electron chi connectivity index (χ0n) is 53.8. The second-order valence-corrected chi connectivity index (χ2v) is 25.5. The number of carbonyl (C=O) groups excluding carboxylic acids is 9. The highest BCUT2D eigenvalue weighted by Crippen LogP contribution is 2.41. The third-order valence-corrected chi connectivity index (χ3v) is 18.3. The largest absolute Gasteiger partial charge is 0.481 e. The van der Waals surface area contributed by atoms with Gasteiger partial charge in [0, 0.05) is 76.4 Å². The molecule has 23 N–H and O–H groups in total. The first-order valence-electron chi connectivity index (χ1n) is 32.1. The molecule has 1 aliphatic carbocycles. The Kier molecular flexibility index (Phi) is 28.9. The van der Waals surface area contributed by atoms with Crippen LogP contribution in [0.1, 0.15) is 113 Å². The maximum Gasteiger partial charge on any atom is 0.326 e. The number of fused-ring (bicyclic) bond motifs is 2. The van der Waals surface area contributed by atoms with E-state index in [2.05, 4.69) is 41.6 Å². The van der Waals surface area contributed by atoms with Crippen molar-refractivity contribution in [2.24, 2.45) is 61.0 Å². The monoisotopic (exact) mass is 1360 g/mol. The zero-order chi connectivity index (χ0) is 70.3. The van der Waals surface area contributed by atoms with E-state index in [1.165, 1.54) is 26.0 Å². The Balaban J connectivity index is 0.00000354. The van der Waals surface area contributed by atoms with Crippen molar-refractivity contribution in [3.05, 3.63) is 57.8 Å². The Bertz CT molecular complexity index is 3160. The summed E-state index contributed by atoms with van der Waals surface area (Å²) in [4.78, 5) is 168. The van der Waals surface area contributed by atoms with Gasteiger partial charge in [-0.2, -0.15) is 0 Å². The summed E-state index contributed by atoms with van der Waals surface area (Å²) in [6.45, 7) is -0.375. The molecule has 1 aromatic carbocycles. The first kappa shape index (κ1) is 75.8. The predicted octanol–water partition coefficient (Wildman–Crippen LogP) is -4.93. The van der Waals surface area contributed by atoms with Crippen LogP contribution in [0.4, 0.5) is 0 Å². The Hall–Kier alpha value is -9.22. The van der Waals surface area contributed by atoms with Gasteiger partial charge in [0.1, 0.15) is 48.3 Å². The van der Waals surface area contributed by atoms with E-state index in [0.717, 1.165) is 36.6 Å². The van der Waals surface area contributed by atoms with Crippen LogP contribution in [-0.2, 0) is 72.1 Å². The number of rotatable bonds is 30. The number of thiophene rings is 1. The molecule has 35 heteroatoms. The molecule has 5 aliphatic rings. The molecule has 96 heavy (non-hydrogen) atoms. The van der Waals surface area contributed by atoms with Crippen molar-refractivity contribution in [1.29, 1.82) is 0 Å². The highest BCUT2D eigenvalue weighted by molar-refractivity contribution is 7.09. The summed E-state index contributed by atoms with van der Waals surface area (Å²) in [7, 11) is 0. The minimum absolute atomic E-state index is 0.00000960. The number of likely N-dealkylation sites (tertiary alicyclic amines) is 3. The number of nitrogens with zero attached hydrogens (tertiary/aromatic N) is 7. The maximum atomic E-state index is 15.3. The third kappa shape index (κ3) is 21.7. The minimum atomic E-state index is -1.66. The number of carboxylic acid groups (broad SMARTS) is 2. The van der Waals surface area contributed by atoms with Crippen LogP contribution >= 0.6 is 11.3 Å². The van der Waals surface area contributed by atoms with Crippen LogP contribution < -0.4 is 66.7 Å². The highest BCUT2D eigenvalue weighted by atomic mass is 32.1. The number of aliphatic hydroxyl groups excluding tert-OH is 2. The number of aliphatic carboxylic acids is 2. The number of hydrogen-bond donors (Lipinski definition) is 16. The van der Waals surface area contributed by atoms with Gasteiger partial charge in [-0.05, 0) is 99.1 Å². The molecule has 4 fully saturated rings. The van der Waals surface area contributed by atoms with Gasteiger partial charge in [0.25, 0.3) is 5.97 Å². The van der Waals surface area contributed by atoms with Crippen LogP contribution in [0.15, 0.2) is 56.8 Å². The molecule has 5 unspecified atom stereocenters. The Labute approximate surface area is 559 Å². The number of benzene rings is 1. The van der Waals surface area contributed by atoms with Gasteiger partial charge in [-0.3, -0.25) is 62.9 Å². The fourth-order valence-electron chi connectivity index (χ4n) is 12.9. The summed E-state index contributed by atoms with van der Waals surface area (Å²) in [5.41, 5.74) is 40.3. The topological polar surface area (TPSA) is 561 Å². The lowest BCUT2D eigenvalue weighted by atomic mass is 9.84. The van der Waals surface area contributed by atoms with Crippen LogP contribution in [0.5, 0.6) is 0 Å². The number of carboxylic acids is 2. The molecule has 4 aliphatic heterocycles. The number of hydrogen-bond acceptors (Lipinski definition) is 18. The molecule has 5 heterocycles. The molecule has 12 atom stereocenters. The van der Waals surface area contributed by atoms with Crippen LogP contribution in [0.2, 0.25) is 0 Å². The van der Waals surface area contributed by atoms with Crippen molar-refractivity contribution in [2.75, 3.05) is 45.9 Å². The first-order valence-corrected chi connectivity index (χ1v) is 33.0. The number of aliphatic imine (C=N–C) groups is 3. The summed E-state index contributed by atoms with van der Waals surface area (Å²) in [5, 5.41) is 54.2. The smallest absolute Gasteiger partial charge is 0.326 e. The van der Waals surface area contributed by atoms with Gasteiger partial charge in [-0.15, -0.1) is 11.3 Å². The first-order chi connectivity index (χ1) is 45.7. The van der Waals surface area contributed by atoms with Crippen molar-refractivity contribution in [3.63, 3.8) is 0 Å². The van der Waals surface area contributed by atoms with E-state index in [4.69, 9.17) is 50.0 Å². The van der Waals surface area contributed by atoms with Gasteiger partial charge in [-0.25, -0.2) is 4.79 Å². The van der Waals surface area contributed by atoms with E-state index in [9.17, 15) is 58.5 Å². The number of guanidine groups is 3. The lowest BCUT2D eigenvalue weighted by molar-refractivity contribution is -0.153. The molecule has 3 saturated heterocycles. The van der Waals surface area contributed by atoms with E-state index in [0.29, 0.717) is 29.7 Å². The number of aliphatic hydroxyl groups is 2. The molecule has 0 spiro atoms. The van der Waals surface area contributed by atoms with Crippen molar-refractivity contribution in [3.8, 4) is 0 Å². The number of amides is 9. The summed E-state index contributed by atoms with van der Waals surface area (Å²) in [5.74, 6) is -9.16. The lowest BCUT2D eigenvalue weighted by Crippen LogP contribution is -2.63. The summed E-state index contributed by atoms with van der Waals surface area (Å²) in [6.07, 6.45) is 3.42. The van der Waals surface area contributed by atoms with E-state index in [1.54, 1.807) is 35.7 Å².